The summed E-state index contributed by atoms with van der Waals surface area (Å²) in [6, 6.07) is 11.3. The van der Waals surface area contributed by atoms with Crippen molar-refractivity contribution < 1.29 is 13.3 Å². The summed E-state index contributed by atoms with van der Waals surface area (Å²) in [4.78, 5) is 0. The first kappa shape index (κ1) is 18.7. The van der Waals surface area contributed by atoms with Crippen molar-refractivity contribution in [2.75, 3.05) is 25.7 Å². The molecule has 0 atom stereocenters. The van der Waals surface area contributed by atoms with Crippen LogP contribution in [0.5, 0.6) is 0 Å². The van der Waals surface area contributed by atoms with Gasteiger partial charge >= 0.3 is 8.80 Å². The Morgan fingerprint density at radius 2 is 1.62 bits per heavy atom. The highest BCUT2D eigenvalue weighted by Gasteiger charge is 2.39. The predicted molar refractivity (Wildman–Crippen MR) is 89.9 cm³/mol. The molecular formula is C16H27ClO3Si. The number of rotatable bonds is 12. The van der Waals surface area contributed by atoms with E-state index in [1.54, 1.807) is 0 Å². The Kier molecular flexibility index (Phi) is 9.96. The first-order valence-corrected chi connectivity index (χ1v) is 10.2. The molecule has 0 aliphatic carbocycles. The average molecular weight is 331 g/mol. The van der Waals surface area contributed by atoms with Crippen LogP contribution in [0.15, 0.2) is 30.3 Å². The molecule has 0 saturated carbocycles. The number of halogens is 1. The first-order valence-electron chi connectivity index (χ1n) is 7.78. The molecule has 1 aromatic rings. The van der Waals surface area contributed by atoms with Crippen LogP contribution in [0.1, 0.15) is 32.3 Å². The van der Waals surface area contributed by atoms with Crippen molar-refractivity contribution >= 4 is 20.4 Å². The zero-order valence-corrected chi connectivity index (χ0v) is 14.9. The highest BCUT2D eigenvalue weighted by Crippen LogP contribution is 2.20. The summed E-state index contributed by atoms with van der Waals surface area (Å²) in [7, 11) is -2.55. The second-order valence-electron chi connectivity index (χ2n) is 4.78. The Bertz CT molecular complexity index is 356. The van der Waals surface area contributed by atoms with Crippen LogP contribution in [0.2, 0.25) is 6.04 Å². The molecule has 0 bridgehead atoms. The first-order chi connectivity index (χ1) is 10.3. The molecular weight excluding hydrogens is 304 g/mol. The van der Waals surface area contributed by atoms with Gasteiger partial charge in [-0.3, -0.25) is 0 Å². The second kappa shape index (κ2) is 11.2. The van der Waals surface area contributed by atoms with Gasteiger partial charge in [-0.15, -0.1) is 11.6 Å². The summed E-state index contributed by atoms with van der Waals surface area (Å²) >= 11 is 5.72. The summed E-state index contributed by atoms with van der Waals surface area (Å²) in [5.41, 5.74) is 1.34. The van der Waals surface area contributed by atoms with Crippen LogP contribution in [0.3, 0.4) is 0 Å². The molecule has 0 spiro atoms. The fourth-order valence-electron chi connectivity index (χ4n) is 2.22. The van der Waals surface area contributed by atoms with Crippen LogP contribution in [0.4, 0.5) is 0 Å². The van der Waals surface area contributed by atoms with E-state index in [4.69, 9.17) is 24.9 Å². The minimum absolute atomic E-state index is 0.604. The van der Waals surface area contributed by atoms with Crippen molar-refractivity contribution in [2.24, 2.45) is 0 Å². The van der Waals surface area contributed by atoms with E-state index >= 15 is 0 Å². The van der Waals surface area contributed by atoms with Gasteiger partial charge in [0.15, 0.2) is 0 Å². The molecule has 0 saturated heterocycles. The molecule has 5 heteroatoms. The fourth-order valence-corrected chi connectivity index (χ4v) is 4.95. The van der Waals surface area contributed by atoms with Gasteiger partial charge in [0.2, 0.25) is 0 Å². The Labute approximate surface area is 134 Å². The summed E-state index contributed by atoms with van der Waals surface area (Å²) in [5, 5.41) is 0. The van der Waals surface area contributed by atoms with E-state index in [-0.39, 0.29) is 0 Å². The van der Waals surface area contributed by atoms with Crippen molar-refractivity contribution in [1.29, 1.82) is 0 Å². The van der Waals surface area contributed by atoms with E-state index in [1.165, 1.54) is 5.56 Å². The normalized spacial score (nSPS) is 11.8. The monoisotopic (exact) mass is 330 g/mol. The van der Waals surface area contributed by atoms with Crippen LogP contribution < -0.4 is 0 Å². The van der Waals surface area contributed by atoms with Crippen LogP contribution in [0.25, 0.3) is 0 Å². The molecule has 0 fully saturated rings. The number of alkyl halides is 1. The van der Waals surface area contributed by atoms with Gasteiger partial charge in [-0.2, -0.15) is 0 Å². The van der Waals surface area contributed by atoms with Crippen LogP contribution in [0, 0.1) is 0 Å². The van der Waals surface area contributed by atoms with Gasteiger partial charge < -0.3 is 13.3 Å². The second-order valence-corrected chi connectivity index (χ2v) is 7.89. The highest BCUT2D eigenvalue weighted by molar-refractivity contribution is 6.60. The quantitative estimate of drug-likeness (QED) is 0.325. The highest BCUT2D eigenvalue weighted by atomic mass is 35.5. The van der Waals surface area contributed by atoms with Crippen molar-refractivity contribution in [1.82, 2.24) is 0 Å². The maximum atomic E-state index is 6.00. The van der Waals surface area contributed by atoms with Crippen LogP contribution in [-0.4, -0.2) is 34.5 Å². The van der Waals surface area contributed by atoms with Crippen LogP contribution in [-0.2, 0) is 19.7 Å². The van der Waals surface area contributed by atoms with Crippen molar-refractivity contribution in [3.63, 3.8) is 0 Å². The lowest BCUT2D eigenvalue weighted by Gasteiger charge is -2.29. The number of aryl methyl sites for hydroxylation is 1. The molecule has 0 radical (unpaired) electrons. The Hall–Kier alpha value is -0.393. The molecule has 0 N–H and O–H groups in total. The van der Waals surface area contributed by atoms with Gasteiger partial charge in [0.1, 0.15) is 0 Å². The lowest BCUT2D eigenvalue weighted by molar-refractivity contribution is 0.0668. The van der Waals surface area contributed by atoms with Crippen molar-refractivity contribution in [2.45, 2.75) is 39.2 Å². The van der Waals surface area contributed by atoms with Gasteiger partial charge in [-0.25, -0.2) is 0 Å². The Morgan fingerprint density at radius 3 is 2.19 bits per heavy atom. The Balaban J connectivity index is 2.53. The minimum atomic E-state index is -2.55. The third-order valence-electron chi connectivity index (χ3n) is 3.12. The molecule has 0 aliphatic rings. The maximum Gasteiger partial charge on any atom is 0.500 e. The molecule has 0 heterocycles. The number of benzene rings is 1. The van der Waals surface area contributed by atoms with Gasteiger partial charge in [-0.1, -0.05) is 30.3 Å². The van der Waals surface area contributed by atoms with Crippen molar-refractivity contribution in [3.8, 4) is 0 Å². The Morgan fingerprint density at radius 1 is 0.952 bits per heavy atom. The van der Waals surface area contributed by atoms with E-state index in [2.05, 4.69) is 24.3 Å². The van der Waals surface area contributed by atoms with Gasteiger partial charge in [0, 0.05) is 31.7 Å². The standard InChI is InChI=1S/C16H27ClO3Si/c1-3-18-21(19-4-2,20-14-9-13-17)15-8-12-16-10-6-5-7-11-16/h5-7,10-11H,3-4,8-9,12-15H2,1-2H3. The lowest BCUT2D eigenvalue weighted by Crippen LogP contribution is -2.46. The number of hydrogen-bond acceptors (Lipinski definition) is 3. The average Bonchev–Trinajstić information content (AvgIpc) is 2.49. The topological polar surface area (TPSA) is 27.7 Å². The van der Waals surface area contributed by atoms with E-state index in [9.17, 15) is 0 Å². The van der Waals surface area contributed by atoms with Gasteiger partial charge in [0.25, 0.3) is 0 Å². The maximum absolute atomic E-state index is 6.00. The van der Waals surface area contributed by atoms with Gasteiger partial charge in [0.05, 0.1) is 0 Å². The van der Waals surface area contributed by atoms with E-state index in [1.807, 2.05) is 19.9 Å². The zero-order chi connectivity index (χ0) is 15.4. The number of hydrogen-bond donors (Lipinski definition) is 0. The molecule has 120 valence electrons. The van der Waals surface area contributed by atoms with Gasteiger partial charge in [-0.05, 0) is 38.7 Å². The van der Waals surface area contributed by atoms with E-state index < -0.39 is 8.80 Å². The molecule has 0 unspecified atom stereocenters. The molecule has 21 heavy (non-hydrogen) atoms. The molecule has 0 amide bonds. The van der Waals surface area contributed by atoms with Crippen LogP contribution >= 0.6 is 11.6 Å². The summed E-state index contributed by atoms with van der Waals surface area (Å²) < 4.78 is 17.8. The van der Waals surface area contributed by atoms with E-state index in [0.717, 1.165) is 25.3 Å². The summed E-state index contributed by atoms with van der Waals surface area (Å²) in [6.45, 7) is 5.84. The predicted octanol–water partition coefficient (Wildman–Crippen LogP) is 4.28. The lowest BCUT2D eigenvalue weighted by atomic mass is 10.1. The molecule has 1 rings (SSSR count). The third kappa shape index (κ3) is 7.43. The largest absolute Gasteiger partial charge is 0.500 e. The summed E-state index contributed by atoms with van der Waals surface area (Å²) in [5.74, 6) is 0.604. The smallest absolute Gasteiger partial charge is 0.374 e. The molecule has 0 aromatic heterocycles. The zero-order valence-electron chi connectivity index (χ0n) is 13.1. The third-order valence-corrected chi connectivity index (χ3v) is 6.45. The SMILES string of the molecule is CCO[Si](CCCc1ccccc1)(OCC)OCCCCl. The molecule has 3 nitrogen and oxygen atoms in total. The fraction of sp³-hybridized carbons (Fsp3) is 0.625. The summed E-state index contributed by atoms with van der Waals surface area (Å²) in [6.07, 6.45) is 2.86. The molecule has 0 aliphatic heterocycles. The van der Waals surface area contributed by atoms with E-state index in [0.29, 0.717) is 25.7 Å². The minimum Gasteiger partial charge on any atom is -0.374 e. The van der Waals surface area contributed by atoms with Crippen molar-refractivity contribution in [3.05, 3.63) is 35.9 Å². The molecule has 1 aromatic carbocycles.